The van der Waals surface area contributed by atoms with Crippen molar-refractivity contribution in [3.05, 3.63) is 30.1 Å². The molecule has 1 saturated heterocycles. The first-order valence-electron chi connectivity index (χ1n) is 7.51. The summed E-state index contributed by atoms with van der Waals surface area (Å²) >= 11 is 0. The van der Waals surface area contributed by atoms with Crippen LogP contribution < -0.4 is 10.5 Å². The number of carbonyl (C=O) groups excluding carboxylic acids is 2. The van der Waals surface area contributed by atoms with E-state index in [1.54, 1.807) is 4.90 Å². The molecule has 1 aliphatic heterocycles. The molecule has 2 rings (SSSR count). The van der Waals surface area contributed by atoms with E-state index in [9.17, 15) is 14.0 Å². The summed E-state index contributed by atoms with van der Waals surface area (Å²) in [4.78, 5) is 25.2. The lowest BCUT2D eigenvalue weighted by Crippen LogP contribution is -2.58. The number of rotatable bonds is 7. The van der Waals surface area contributed by atoms with Crippen molar-refractivity contribution >= 4 is 11.8 Å². The van der Waals surface area contributed by atoms with Gasteiger partial charge in [0.1, 0.15) is 17.2 Å². The van der Waals surface area contributed by atoms with Crippen LogP contribution in [0.5, 0.6) is 5.75 Å². The van der Waals surface area contributed by atoms with Gasteiger partial charge in [-0.3, -0.25) is 9.59 Å². The van der Waals surface area contributed by atoms with Crippen LogP contribution in [0.1, 0.15) is 6.42 Å². The summed E-state index contributed by atoms with van der Waals surface area (Å²) in [5.41, 5.74) is 4.33. The molecule has 1 aromatic rings. The standard InChI is InChI=1S/C16H21FN2O5/c1-22-11-16(8-14(18)20)10-19(6-7-24-16)15(21)9-23-13-4-2-12(17)3-5-13/h2-5H,6-11H2,1H3,(H2,18,20)/t16-/m0/s1. The maximum Gasteiger partial charge on any atom is 0.260 e. The minimum atomic E-state index is -0.940. The highest BCUT2D eigenvalue weighted by atomic mass is 19.1. The van der Waals surface area contributed by atoms with Crippen LogP contribution in [0.15, 0.2) is 24.3 Å². The Hall–Kier alpha value is -2.19. The fraction of sp³-hybridized carbons (Fsp3) is 0.500. The first-order valence-corrected chi connectivity index (χ1v) is 7.51. The van der Waals surface area contributed by atoms with Crippen molar-refractivity contribution in [3.63, 3.8) is 0 Å². The molecule has 1 atom stereocenters. The largest absolute Gasteiger partial charge is 0.484 e. The zero-order valence-corrected chi connectivity index (χ0v) is 13.5. The number of hydrogen-bond donors (Lipinski definition) is 1. The van der Waals surface area contributed by atoms with Gasteiger partial charge in [-0.2, -0.15) is 0 Å². The number of carbonyl (C=O) groups is 2. The first kappa shape index (κ1) is 18.2. The molecular formula is C16H21FN2O5. The highest BCUT2D eigenvalue weighted by molar-refractivity contribution is 5.78. The van der Waals surface area contributed by atoms with E-state index >= 15 is 0 Å². The quantitative estimate of drug-likeness (QED) is 0.772. The molecule has 8 heteroatoms. The Morgan fingerprint density at radius 3 is 2.71 bits per heavy atom. The number of halogens is 1. The molecule has 0 unspecified atom stereocenters. The lowest BCUT2D eigenvalue weighted by atomic mass is 9.97. The Balaban J connectivity index is 1.95. The van der Waals surface area contributed by atoms with Crippen molar-refractivity contribution in [2.75, 3.05) is 40.0 Å². The summed E-state index contributed by atoms with van der Waals surface area (Å²) in [5.74, 6) is -0.757. The fourth-order valence-electron chi connectivity index (χ4n) is 2.65. The molecule has 1 fully saturated rings. The number of morpholine rings is 1. The molecule has 1 aliphatic rings. The number of methoxy groups -OCH3 is 1. The van der Waals surface area contributed by atoms with Gasteiger partial charge in [0.15, 0.2) is 6.61 Å². The van der Waals surface area contributed by atoms with Crippen LogP contribution in [-0.4, -0.2) is 62.3 Å². The summed E-state index contributed by atoms with van der Waals surface area (Å²) in [5, 5.41) is 0. The molecule has 132 valence electrons. The highest BCUT2D eigenvalue weighted by Gasteiger charge is 2.40. The highest BCUT2D eigenvalue weighted by Crippen LogP contribution is 2.23. The zero-order valence-electron chi connectivity index (χ0n) is 13.5. The number of ether oxygens (including phenoxy) is 3. The van der Waals surface area contributed by atoms with E-state index in [2.05, 4.69) is 0 Å². The third-order valence-electron chi connectivity index (χ3n) is 3.68. The second-order valence-corrected chi connectivity index (χ2v) is 5.67. The monoisotopic (exact) mass is 340 g/mol. The first-order chi connectivity index (χ1) is 11.4. The van der Waals surface area contributed by atoms with Gasteiger partial charge < -0.3 is 24.8 Å². The van der Waals surface area contributed by atoms with E-state index in [4.69, 9.17) is 19.9 Å². The van der Waals surface area contributed by atoms with Crippen LogP contribution >= 0.6 is 0 Å². The van der Waals surface area contributed by atoms with Crippen molar-refractivity contribution in [1.82, 2.24) is 4.90 Å². The molecule has 0 aromatic heterocycles. The summed E-state index contributed by atoms with van der Waals surface area (Å²) < 4.78 is 29.0. The molecule has 0 spiro atoms. The van der Waals surface area contributed by atoms with E-state index in [-0.39, 0.29) is 44.5 Å². The molecule has 2 amide bonds. The van der Waals surface area contributed by atoms with Gasteiger partial charge >= 0.3 is 0 Å². The summed E-state index contributed by atoms with van der Waals surface area (Å²) in [7, 11) is 1.49. The number of benzene rings is 1. The van der Waals surface area contributed by atoms with E-state index in [0.29, 0.717) is 12.3 Å². The van der Waals surface area contributed by atoms with E-state index < -0.39 is 11.5 Å². The van der Waals surface area contributed by atoms with Crippen molar-refractivity contribution in [1.29, 1.82) is 0 Å². The Morgan fingerprint density at radius 2 is 2.08 bits per heavy atom. The lowest BCUT2D eigenvalue weighted by molar-refractivity contribution is -0.167. The number of nitrogens with two attached hydrogens (primary N) is 1. The van der Waals surface area contributed by atoms with Crippen molar-refractivity contribution < 1.29 is 28.2 Å². The Labute approximate surface area is 139 Å². The molecule has 0 radical (unpaired) electrons. The van der Waals surface area contributed by atoms with Gasteiger partial charge in [0.05, 0.1) is 26.2 Å². The van der Waals surface area contributed by atoms with Crippen molar-refractivity contribution in [2.45, 2.75) is 12.0 Å². The predicted molar refractivity (Wildman–Crippen MR) is 82.8 cm³/mol. The number of primary amides is 1. The van der Waals surface area contributed by atoms with Gasteiger partial charge in [-0.25, -0.2) is 4.39 Å². The van der Waals surface area contributed by atoms with Crippen LogP contribution in [0.4, 0.5) is 4.39 Å². The second kappa shape index (κ2) is 8.07. The number of hydrogen-bond acceptors (Lipinski definition) is 5. The molecule has 2 N–H and O–H groups in total. The van der Waals surface area contributed by atoms with Gasteiger partial charge in [-0.05, 0) is 24.3 Å². The minimum absolute atomic E-state index is 0.0383. The van der Waals surface area contributed by atoms with E-state index in [0.717, 1.165) is 0 Å². The van der Waals surface area contributed by atoms with Gasteiger partial charge in [-0.15, -0.1) is 0 Å². The molecule has 0 bridgehead atoms. The maximum absolute atomic E-state index is 12.8. The smallest absolute Gasteiger partial charge is 0.260 e. The maximum atomic E-state index is 12.8. The van der Waals surface area contributed by atoms with E-state index in [1.807, 2.05) is 0 Å². The van der Waals surface area contributed by atoms with Crippen LogP contribution in [0, 0.1) is 5.82 Å². The minimum Gasteiger partial charge on any atom is -0.484 e. The Kier molecular flexibility index (Phi) is 6.10. The Bertz CT molecular complexity index is 576. The summed E-state index contributed by atoms with van der Waals surface area (Å²) in [6.45, 7) is 0.813. The third kappa shape index (κ3) is 4.90. The van der Waals surface area contributed by atoms with Crippen molar-refractivity contribution in [3.8, 4) is 5.75 Å². The van der Waals surface area contributed by atoms with Gasteiger partial charge in [-0.1, -0.05) is 0 Å². The average molecular weight is 340 g/mol. The molecular weight excluding hydrogens is 319 g/mol. The van der Waals surface area contributed by atoms with E-state index in [1.165, 1.54) is 31.4 Å². The number of amides is 2. The average Bonchev–Trinajstić information content (AvgIpc) is 2.53. The van der Waals surface area contributed by atoms with Crippen LogP contribution in [0.2, 0.25) is 0 Å². The molecule has 0 aliphatic carbocycles. The number of nitrogens with zero attached hydrogens (tertiary/aromatic N) is 1. The second-order valence-electron chi connectivity index (χ2n) is 5.67. The van der Waals surface area contributed by atoms with Crippen molar-refractivity contribution in [2.24, 2.45) is 5.73 Å². The van der Waals surface area contributed by atoms with Gasteiger partial charge in [0.25, 0.3) is 5.91 Å². The Morgan fingerprint density at radius 1 is 1.38 bits per heavy atom. The SMILES string of the molecule is COC[C@]1(CC(N)=O)CN(C(=O)COc2ccc(F)cc2)CCO1. The zero-order chi connectivity index (χ0) is 17.6. The summed E-state index contributed by atoms with van der Waals surface area (Å²) in [6.07, 6.45) is -0.0383. The van der Waals surface area contributed by atoms with Crippen LogP contribution in [0.25, 0.3) is 0 Å². The van der Waals surface area contributed by atoms with Crippen LogP contribution in [0.3, 0.4) is 0 Å². The summed E-state index contributed by atoms with van der Waals surface area (Å²) in [6, 6.07) is 5.41. The topological polar surface area (TPSA) is 91.1 Å². The normalized spacial score (nSPS) is 20.7. The lowest BCUT2D eigenvalue weighted by Gasteiger charge is -2.41. The fourth-order valence-corrected chi connectivity index (χ4v) is 2.65. The predicted octanol–water partition coefficient (Wildman–Crippen LogP) is 0.324. The third-order valence-corrected chi connectivity index (χ3v) is 3.68. The molecule has 1 heterocycles. The molecule has 0 saturated carbocycles. The van der Waals surface area contributed by atoms with Crippen LogP contribution in [-0.2, 0) is 19.1 Å². The van der Waals surface area contributed by atoms with Gasteiger partial charge in [0, 0.05) is 13.7 Å². The molecule has 1 aromatic carbocycles. The molecule has 7 nitrogen and oxygen atoms in total. The molecule has 24 heavy (non-hydrogen) atoms. The van der Waals surface area contributed by atoms with Gasteiger partial charge in [0.2, 0.25) is 5.91 Å².